The van der Waals surface area contributed by atoms with Crippen LogP contribution in [0.5, 0.6) is 0 Å². The molecule has 2 aliphatic rings. The minimum atomic E-state index is -0.501. The highest BCUT2D eigenvalue weighted by Crippen LogP contribution is 2.49. The summed E-state index contributed by atoms with van der Waals surface area (Å²) in [6, 6.07) is 19.7. The second-order valence-corrected chi connectivity index (χ2v) is 10.2. The van der Waals surface area contributed by atoms with E-state index in [0.29, 0.717) is 21.4 Å². The Labute approximate surface area is 208 Å². The first-order chi connectivity index (χ1) is 15.9. The number of imide groups is 1. The largest absolute Gasteiger partial charge is 0.294 e. The van der Waals surface area contributed by atoms with Crippen molar-refractivity contribution in [3.63, 3.8) is 0 Å². The summed E-state index contributed by atoms with van der Waals surface area (Å²) in [5.74, 6) is -0.902. The topological polar surface area (TPSA) is 57.7 Å². The van der Waals surface area contributed by atoms with Crippen LogP contribution in [0.25, 0.3) is 6.08 Å². The zero-order valence-corrected chi connectivity index (χ0v) is 20.0. The van der Waals surface area contributed by atoms with Crippen LogP contribution < -0.4 is 4.90 Å². The number of benzene rings is 3. The number of anilines is 2. The van der Waals surface area contributed by atoms with E-state index >= 15 is 0 Å². The van der Waals surface area contributed by atoms with Crippen molar-refractivity contribution >= 4 is 81.2 Å². The summed E-state index contributed by atoms with van der Waals surface area (Å²) < 4.78 is 0. The molecule has 1 fully saturated rings. The van der Waals surface area contributed by atoms with Crippen LogP contribution in [0.4, 0.5) is 16.2 Å². The third-order valence-corrected chi connectivity index (χ3v) is 7.60. The van der Waals surface area contributed by atoms with Crippen molar-refractivity contribution in [2.24, 2.45) is 0 Å². The molecule has 0 radical (unpaired) electrons. The van der Waals surface area contributed by atoms with Crippen LogP contribution >= 0.6 is 46.7 Å². The molecule has 2 heterocycles. The van der Waals surface area contributed by atoms with Gasteiger partial charge in [0.1, 0.15) is 6.54 Å². The molecule has 0 N–H and O–H groups in total. The Kier molecular flexibility index (Phi) is 5.97. The summed E-state index contributed by atoms with van der Waals surface area (Å²) in [7, 11) is 0. The van der Waals surface area contributed by atoms with Crippen LogP contribution in [0.2, 0.25) is 10.0 Å². The lowest BCUT2D eigenvalue weighted by Gasteiger charge is -2.32. The molecule has 1 saturated heterocycles. The van der Waals surface area contributed by atoms with E-state index in [4.69, 9.17) is 23.2 Å². The predicted octanol–water partition coefficient (Wildman–Crippen LogP) is 6.86. The molecule has 9 heteroatoms. The van der Waals surface area contributed by atoms with Gasteiger partial charge in [-0.3, -0.25) is 24.2 Å². The van der Waals surface area contributed by atoms with Gasteiger partial charge in [-0.15, -0.1) is 0 Å². The van der Waals surface area contributed by atoms with E-state index in [9.17, 15) is 14.4 Å². The van der Waals surface area contributed by atoms with Gasteiger partial charge in [0.15, 0.2) is 0 Å². The molecule has 0 saturated carbocycles. The van der Waals surface area contributed by atoms with Crippen molar-refractivity contribution < 1.29 is 14.4 Å². The van der Waals surface area contributed by atoms with Crippen molar-refractivity contribution in [1.29, 1.82) is 0 Å². The molecule has 5 rings (SSSR count). The molecule has 33 heavy (non-hydrogen) atoms. The Morgan fingerprint density at radius 2 is 1.55 bits per heavy atom. The number of thioether (sulfide) groups is 1. The summed E-state index contributed by atoms with van der Waals surface area (Å²) >= 11 is 14.5. The average molecular weight is 513 g/mol. The summed E-state index contributed by atoms with van der Waals surface area (Å²) in [5, 5.41) is 0.578. The monoisotopic (exact) mass is 512 g/mol. The number of halogens is 2. The van der Waals surface area contributed by atoms with Crippen molar-refractivity contribution in [3.05, 3.63) is 87.2 Å². The highest BCUT2D eigenvalue weighted by atomic mass is 35.5. The number of carbonyl (C=O) groups is 3. The van der Waals surface area contributed by atoms with Gasteiger partial charge >= 0.3 is 0 Å². The van der Waals surface area contributed by atoms with Crippen LogP contribution in [-0.4, -0.2) is 28.5 Å². The maximum atomic E-state index is 13.5. The minimum Gasteiger partial charge on any atom is -0.277 e. The fourth-order valence-corrected chi connectivity index (χ4v) is 5.72. The van der Waals surface area contributed by atoms with E-state index in [2.05, 4.69) is 0 Å². The first kappa shape index (κ1) is 22.1. The van der Waals surface area contributed by atoms with E-state index < -0.39 is 17.1 Å². The lowest BCUT2D eigenvalue weighted by atomic mass is 10.2. The van der Waals surface area contributed by atoms with Gasteiger partial charge in [0.2, 0.25) is 0 Å². The number of carbonyl (C=O) groups excluding carboxylic acids is 3. The van der Waals surface area contributed by atoms with Gasteiger partial charge in [0.25, 0.3) is 17.1 Å². The number of para-hydroxylation sites is 1. The molecule has 164 valence electrons. The molecular formula is C24H14Cl2N2O3S2. The van der Waals surface area contributed by atoms with Crippen LogP contribution in [0, 0.1) is 0 Å². The second kappa shape index (κ2) is 8.91. The third-order valence-electron chi connectivity index (χ3n) is 5.07. The Morgan fingerprint density at radius 3 is 2.33 bits per heavy atom. The number of rotatable bonds is 3. The van der Waals surface area contributed by atoms with E-state index in [0.717, 1.165) is 32.0 Å². The van der Waals surface area contributed by atoms with Crippen molar-refractivity contribution in [1.82, 2.24) is 4.90 Å². The van der Waals surface area contributed by atoms with Crippen molar-refractivity contribution in [3.8, 4) is 0 Å². The lowest BCUT2D eigenvalue weighted by Crippen LogP contribution is -2.41. The number of hydrogen-bond acceptors (Lipinski definition) is 5. The van der Waals surface area contributed by atoms with E-state index in [1.807, 2.05) is 30.3 Å². The molecular weight excluding hydrogens is 499 g/mol. The zero-order chi connectivity index (χ0) is 23.1. The van der Waals surface area contributed by atoms with Gasteiger partial charge in [-0.05, 0) is 65.9 Å². The zero-order valence-electron chi connectivity index (χ0n) is 16.8. The van der Waals surface area contributed by atoms with Gasteiger partial charge < -0.3 is 0 Å². The van der Waals surface area contributed by atoms with E-state index in [1.165, 1.54) is 16.7 Å². The summed E-state index contributed by atoms with van der Waals surface area (Å²) in [5.41, 5.74) is 2.05. The molecule has 3 amide bonds. The van der Waals surface area contributed by atoms with Gasteiger partial charge in [0.05, 0.1) is 16.3 Å². The first-order valence-corrected chi connectivity index (χ1v) is 12.2. The smallest absolute Gasteiger partial charge is 0.277 e. The van der Waals surface area contributed by atoms with Crippen molar-refractivity contribution in [2.45, 2.75) is 9.79 Å². The number of nitrogens with zero attached hydrogens (tertiary/aromatic N) is 2. The fourth-order valence-electron chi connectivity index (χ4n) is 3.55. The maximum absolute atomic E-state index is 13.5. The fraction of sp³-hybridized carbons (Fsp3) is 0.0417. The van der Waals surface area contributed by atoms with Crippen LogP contribution in [0.3, 0.4) is 0 Å². The SMILES string of the molecule is O=C1S/C(=C/c2ccc(Cl)cc2)C(=O)N1CC(=O)N1c2ccccc2Sc2ccc(Cl)cc21. The number of amides is 3. The second-order valence-electron chi connectivity index (χ2n) is 7.23. The molecule has 3 aromatic rings. The number of hydrogen-bond donors (Lipinski definition) is 0. The van der Waals surface area contributed by atoms with Gasteiger partial charge in [-0.1, -0.05) is 59.2 Å². The highest BCUT2D eigenvalue weighted by Gasteiger charge is 2.38. The van der Waals surface area contributed by atoms with Crippen LogP contribution in [-0.2, 0) is 9.59 Å². The Morgan fingerprint density at radius 1 is 0.848 bits per heavy atom. The average Bonchev–Trinajstić information content (AvgIpc) is 3.06. The van der Waals surface area contributed by atoms with Crippen LogP contribution in [0.15, 0.2) is 81.4 Å². The summed E-state index contributed by atoms with van der Waals surface area (Å²) in [4.78, 5) is 43.6. The van der Waals surface area contributed by atoms with Crippen molar-refractivity contribution in [2.75, 3.05) is 11.4 Å². The Bertz CT molecular complexity index is 1340. The Hall–Kier alpha value is -2.71. The van der Waals surface area contributed by atoms with Crippen LogP contribution in [0.1, 0.15) is 5.56 Å². The quantitative estimate of drug-likeness (QED) is 0.358. The molecule has 2 aliphatic heterocycles. The third kappa shape index (κ3) is 4.29. The lowest BCUT2D eigenvalue weighted by molar-refractivity contribution is -0.127. The normalized spacial score (nSPS) is 16.2. The molecule has 0 atom stereocenters. The minimum absolute atomic E-state index is 0.258. The molecule has 0 spiro atoms. The Balaban J connectivity index is 1.44. The molecule has 3 aromatic carbocycles. The molecule has 0 aromatic heterocycles. The van der Waals surface area contributed by atoms with Gasteiger partial charge in [0, 0.05) is 19.8 Å². The predicted molar refractivity (Wildman–Crippen MR) is 133 cm³/mol. The van der Waals surface area contributed by atoms with E-state index in [-0.39, 0.29) is 11.4 Å². The summed E-state index contributed by atoms with van der Waals surface area (Å²) in [6.45, 7) is -0.381. The first-order valence-electron chi connectivity index (χ1n) is 9.81. The molecule has 0 unspecified atom stereocenters. The standard InChI is InChI=1S/C24H14Cl2N2O3S2/c25-15-7-5-14(6-8-15)11-21-23(30)27(24(31)33-21)13-22(29)28-17-3-1-2-4-19(17)32-20-10-9-16(26)12-18(20)28/h1-12H,13H2/b21-11+. The maximum Gasteiger partial charge on any atom is 0.294 e. The van der Waals surface area contributed by atoms with E-state index in [1.54, 1.807) is 42.5 Å². The van der Waals surface area contributed by atoms with Gasteiger partial charge in [-0.25, -0.2) is 0 Å². The number of fused-ring (bicyclic) bond motifs is 2. The molecule has 5 nitrogen and oxygen atoms in total. The highest BCUT2D eigenvalue weighted by molar-refractivity contribution is 8.18. The molecule has 0 bridgehead atoms. The summed E-state index contributed by atoms with van der Waals surface area (Å²) in [6.07, 6.45) is 1.62. The molecule has 0 aliphatic carbocycles. The van der Waals surface area contributed by atoms with Gasteiger partial charge in [-0.2, -0.15) is 0 Å².